The monoisotopic (exact) mass is 582 g/mol. The van der Waals surface area contributed by atoms with Crippen molar-refractivity contribution in [3.05, 3.63) is 0 Å². The molecule has 0 spiro atoms. The van der Waals surface area contributed by atoms with Crippen LogP contribution in [0.25, 0.3) is 0 Å². The van der Waals surface area contributed by atoms with Gasteiger partial charge in [-0.25, -0.2) is 0 Å². The lowest BCUT2D eigenvalue weighted by Gasteiger charge is -2.43. The summed E-state index contributed by atoms with van der Waals surface area (Å²) in [6.07, 6.45) is -9.08. The molecular formula is C14H12BrF17. The van der Waals surface area contributed by atoms with Gasteiger partial charge in [-0.3, -0.25) is 0 Å². The normalized spacial score (nSPS) is 17.0. The Kier molecular flexibility index (Phi) is 8.62. The molecular weight excluding hydrogens is 571 g/mol. The number of halogens is 18. The lowest BCUT2D eigenvalue weighted by molar-refractivity contribution is -0.461. The van der Waals surface area contributed by atoms with Crippen LogP contribution in [0, 0.1) is 0 Å². The first kappa shape index (κ1) is 31.3. The van der Waals surface area contributed by atoms with Crippen LogP contribution >= 0.6 is 15.9 Å². The SMILES string of the molecule is CCCCCC(Br)C(F)(F)C(F)(F)C(F)(F)C(F)(F)C(F)(F)C(F)(F)C(F)(F)C(F)(F)F. The van der Waals surface area contributed by atoms with Gasteiger partial charge in [0.15, 0.2) is 0 Å². The smallest absolute Gasteiger partial charge is 0.198 e. The summed E-state index contributed by atoms with van der Waals surface area (Å²) in [6.45, 7) is 1.45. The van der Waals surface area contributed by atoms with Gasteiger partial charge >= 0.3 is 47.6 Å². The van der Waals surface area contributed by atoms with E-state index < -0.39 is 65.3 Å². The number of rotatable bonds is 11. The third-order valence-electron chi connectivity index (χ3n) is 4.20. The van der Waals surface area contributed by atoms with Crippen molar-refractivity contribution in [1.82, 2.24) is 0 Å². The van der Waals surface area contributed by atoms with Crippen molar-refractivity contribution in [3.8, 4) is 0 Å². The van der Waals surface area contributed by atoms with E-state index in [4.69, 9.17) is 0 Å². The summed E-state index contributed by atoms with van der Waals surface area (Å²) in [5, 5.41) is 0. The summed E-state index contributed by atoms with van der Waals surface area (Å²) in [7, 11) is 0. The average Bonchev–Trinajstić information content (AvgIpc) is 2.59. The maximum Gasteiger partial charge on any atom is 0.460 e. The Morgan fingerprint density at radius 2 is 0.812 bits per heavy atom. The van der Waals surface area contributed by atoms with Gasteiger partial charge in [0.2, 0.25) is 0 Å². The van der Waals surface area contributed by atoms with E-state index >= 15 is 0 Å². The van der Waals surface area contributed by atoms with Crippen LogP contribution in [-0.2, 0) is 0 Å². The van der Waals surface area contributed by atoms with E-state index in [0.29, 0.717) is 0 Å². The van der Waals surface area contributed by atoms with Crippen molar-refractivity contribution < 1.29 is 74.6 Å². The van der Waals surface area contributed by atoms with Gasteiger partial charge in [0.25, 0.3) is 0 Å². The molecule has 0 heterocycles. The van der Waals surface area contributed by atoms with Crippen molar-refractivity contribution >= 4 is 15.9 Å². The van der Waals surface area contributed by atoms with Crippen LogP contribution < -0.4 is 0 Å². The van der Waals surface area contributed by atoms with Gasteiger partial charge in [0.05, 0.1) is 4.83 Å². The highest BCUT2D eigenvalue weighted by molar-refractivity contribution is 9.09. The Bertz CT molecular complexity index is 636. The van der Waals surface area contributed by atoms with E-state index in [-0.39, 0.29) is 12.8 Å². The van der Waals surface area contributed by atoms with Crippen molar-refractivity contribution in [2.24, 2.45) is 0 Å². The fourth-order valence-corrected chi connectivity index (χ4v) is 2.74. The highest BCUT2D eigenvalue weighted by Gasteiger charge is 2.95. The molecule has 0 nitrogen and oxygen atoms in total. The standard InChI is InChI=1S/C14H12BrF17/c1-2-3-4-5-6(15)7(16,17)8(18,19)9(20,21)10(22,23)11(24,25)12(26,27)13(28,29)14(30,31)32/h6H,2-5H2,1H3. The minimum atomic E-state index is -8.59. The van der Waals surface area contributed by atoms with E-state index in [9.17, 15) is 74.6 Å². The summed E-state index contributed by atoms with van der Waals surface area (Å²) in [5.74, 6) is -56.0. The van der Waals surface area contributed by atoms with Gasteiger partial charge in [0.1, 0.15) is 0 Å². The van der Waals surface area contributed by atoms with Crippen LogP contribution in [0.1, 0.15) is 32.6 Å². The van der Waals surface area contributed by atoms with E-state index in [2.05, 4.69) is 0 Å². The Morgan fingerprint density at radius 1 is 0.500 bits per heavy atom. The van der Waals surface area contributed by atoms with E-state index in [0.717, 1.165) is 0 Å². The van der Waals surface area contributed by atoms with Crippen molar-refractivity contribution in [3.63, 3.8) is 0 Å². The summed E-state index contributed by atoms with van der Waals surface area (Å²) < 4.78 is 223. The number of hydrogen-bond acceptors (Lipinski definition) is 0. The highest BCUT2D eigenvalue weighted by atomic mass is 79.9. The predicted molar refractivity (Wildman–Crippen MR) is 77.5 cm³/mol. The first-order chi connectivity index (χ1) is 13.7. The molecule has 18 heteroatoms. The fraction of sp³-hybridized carbons (Fsp3) is 1.00. The summed E-state index contributed by atoms with van der Waals surface area (Å²) in [4.78, 5) is -3.14. The summed E-state index contributed by atoms with van der Waals surface area (Å²) in [6, 6.07) is 0. The molecule has 194 valence electrons. The van der Waals surface area contributed by atoms with Crippen molar-refractivity contribution in [1.29, 1.82) is 0 Å². The van der Waals surface area contributed by atoms with Crippen LogP contribution in [0.2, 0.25) is 0 Å². The number of hydrogen-bond donors (Lipinski definition) is 0. The minimum Gasteiger partial charge on any atom is -0.198 e. The Labute approximate surface area is 176 Å². The van der Waals surface area contributed by atoms with E-state index in [1.807, 2.05) is 0 Å². The molecule has 0 aliphatic carbocycles. The zero-order valence-electron chi connectivity index (χ0n) is 15.2. The summed E-state index contributed by atoms with van der Waals surface area (Å²) >= 11 is 1.76. The topological polar surface area (TPSA) is 0 Å². The van der Waals surface area contributed by atoms with Gasteiger partial charge in [-0.05, 0) is 6.42 Å². The lowest BCUT2D eigenvalue weighted by Crippen LogP contribution is -2.75. The van der Waals surface area contributed by atoms with Crippen LogP contribution in [0.4, 0.5) is 74.6 Å². The molecule has 0 aromatic heterocycles. The predicted octanol–water partition coefficient (Wildman–Crippen LogP) is 8.34. The molecule has 32 heavy (non-hydrogen) atoms. The van der Waals surface area contributed by atoms with Gasteiger partial charge in [-0.15, -0.1) is 0 Å². The number of unbranched alkanes of at least 4 members (excludes halogenated alkanes) is 2. The van der Waals surface area contributed by atoms with Crippen LogP contribution in [0.15, 0.2) is 0 Å². The zero-order chi connectivity index (χ0) is 26.4. The first-order valence-electron chi connectivity index (χ1n) is 8.08. The third kappa shape index (κ3) is 4.36. The second-order valence-corrected chi connectivity index (χ2v) is 7.64. The molecule has 0 aliphatic rings. The molecule has 0 N–H and O–H groups in total. The molecule has 1 unspecified atom stereocenters. The third-order valence-corrected chi connectivity index (χ3v) is 5.23. The van der Waals surface area contributed by atoms with Crippen LogP contribution in [0.3, 0.4) is 0 Å². The molecule has 0 aliphatic heterocycles. The van der Waals surface area contributed by atoms with Crippen LogP contribution in [-0.4, -0.2) is 52.5 Å². The Morgan fingerprint density at radius 3 is 1.12 bits per heavy atom. The van der Waals surface area contributed by atoms with E-state index in [1.165, 1.54) is 6.92 Å². The second kappa shape index (κ2) is 8.82. The van der Waals surface area contributed by atoms with E-state index in [1.54, 1.807) is 15.9 Å². The zero-order valence-corrected chi connectivity index (χ0v) is 16.8. The fourth-order valence-electron chi connectivity index (χ4n) is 2.13. The van der Waals surface area contributed by atoms with Crippen molar-refractivity contribution in [2.75, 3.05) is 0 Å². The van der Waals surface area contributed by atoms with Gasteiger partial charge in [-0.2, -0.15) is 74.6 Å². The Balaban J connectivity index is 6.53. The summed E-state index contributed by atoms with van der Waals surface area (Å²) in [5.41, 5.74) is 0. The molecule has 0 fully saturated rings. The second-order valence-electron chi connectivity index (χ2n) is 6.53. The first-order valence-corrected chi connectivity index (χ1v) is 9.00. The van der Waals surface area contributed by atoms with Gasteiger partial charge in [0, 0.05) is 0 Å². The molecule has 0 aromatic carbocycles. The minimum absolute atomic E-state index is 0.00707. The molecule has 0 rings (SSSR count). The maximum absolute atomic E-state index is 13.8. The molecule has 0 saturated heterocycles. The largest absolute Gasteiger partial charge is 0.460 e. The lowest BCUT2D eigenvalue weighted by atomic mass is 9.87. The molecule has 1 atom stereocenters. The molecule has 0 bridgehead atoms. The Hall–Kier alpha value is -0.710. The average molecular weight is 583 g/mol. The van der Waals surface area contributed by atoms with Gasteiger partial charge < -0.3 is 0 Å². The molecule has 0 radical (unpaired) electrons. The highest BCUT2D eigenvalue weighted by Crippen LogP contribution is 2.64. The quantitative estimate of drug-likeness (QED) is 0.130. The molecule has 0 amide bonds. The van der Waals surface area contributed by atoms with Crippen LogP contribution in [0.5, 0.6) is 0 Å². The maximum atomic E-state index is 13.8. The molecule has 0 saturated carbocycles. The molecule has 0 aromatic rings. The van der Waals surface area contributed by atoms with Crippen molar-refractivity contribution in [2.45, 2.75) is 85.1 Å². The van der Waals surface area contributed by atoms with Gasteiger partial charge in [-0.1, -0.05) is 42.1 Å². The number of alkyl halides is 18.